The summed E-state index contributed by atoms with van der Waals surface area (Å²) in [6, 6.07) is 0. The Labute approximate surface area is 71.2 Å². The summed E-state index contributed by atoms with van der Waals surface area (Å²) in [6.07, 6.45) is 0. The van der Waals surface area contributed by atoms with Crippen LogP contribution in [0.3, 0.4) is 0 Å². The second kappa shape index (κ2) is 7.99. The Bertz CT molecular complexity index is 67.5. The molecule has 0 saturated carbocycles. The second-order valence-corrected chi connectivity index (χ2v) is 3.03. The molecule has 0 fully saturated rings. The predicted molar refractivity (Wildman–Crippen MR) is 42.5 cm³/mol. The highest BCUT2D eigenvalue weighted by Crippen LogP contribution is 2.31. The van der Waals surface area contributed by atoms with E-state index in [2.05, 4.69) is 0 Å². The average molecular weight is 207 g/mol. The van der Waals surface area contributed by atoms with Crippen molar-refractivity contribution in [1.29, 1.82) is 0 Å². The fourth-order valence-corrected chi connectivity index (χ4v) is 1.20. The summed E-state index contributed by atoms with van der Waals surface area (Å²) in [5.41, 5.74) is 0. The number of halogens is 2. The lowest BCUT2D eigenvalue weighted by molar-refractivity contribution is 0.218. The van der Waals surface area contributed by atoms with E-state index >= 15 is 0 Å². The van der Waals surface area contributed by atoms with Crippen LogP contribution in [0.1, 0.15) is 0 Å². The Morgan fingerprint density at radius 1 is 1.10 bits per heavy atom. The maximum atomic E-state index is 8.81. The molecule has 62 valence electrons. The van der Waals surface area contributed by atoms with Gasteiger partial charge in [-0.25, -0.2) is 0 Å². The minimum atomic E-state index is -1.76. The van der Waals surface area contributed by atoms with Gasteiger partial charge in [-0.1, -0.05) is 0 Å². The molecule has 0 aromatic carbocycles. The summed E-state index contributed by atoms with van der Waals surface area (Å²) in [7, 11) is -1.76. The molecule has 0 spiro atoms. The summed E-state index contributed by atoms with van der Waals surface area (Å²) in [4.78, 5) is 8.81. The molecule has 0 aliphatic rings. The average Bonchev–Trinajstić information content (AvgIpc) is 1.97. The Morgan fingerprint density at radius 2 is 1.50 bits per heavy atom. The highest BCUT2D eigenvalue weighted by molar-refractivity contribution is 7.40. The Hall–Kier alpha value is 0.890. The summed E-state index contributed by atoms with van der Waals surface area (Å²) in [5.74, 6) is 0.702. The summed E-state index contributed by atoms with van der Waals surface area (Å²) in [6.45, 7) is 0.595. The van der Waals surface area contributed by atoms with Gasteiger partial charge in [-0.2, -0.15) is 0 Å². The molecule has 0 aromatic rings. The molecule has 0 radical (unpaired) electrons. The Balaban J connectivity index is 3.00. The van der Waals surface area contributed by atoms with Crippen molar-refractivity contribution >= 4 is 31.8 Å². The SMILES string of the molecule is OP(OCCCl)OCCCl. The van der Waals surface area contributed by atoms with Gasteiger partial charge >= 0.3 is 8.60 Å². The summed E-state index contributed by atoms with van der Waals surface area (Å²) >= 11 is 10.5. The minimum absolute atomic E-state index is 0.298. The van der Waals surface area contributed by atoms with Crippen molar-refractivity contribution in [2.75, 3.05) is 25.0 Å². The normalized spacial score (nSPS) is 10.8. The molecule has 0 aromatic heterocycles. The predicted octanol–water partition coefficient (Wildman–Crippen LogP) is 1.72. The lowest BCUT2D eigenvalue weighted by atomic mass is 10.9. The van der Waals surface area contributed by atoms with E-state index in [4.69, 9.17) is 37.1 Å². The van der Waals surface area contributed by atoms with Crippen LogP contribution in [0.25, 0.3) is 0 Å². The van der Waals surface area contributed by atoms with E-state index in [1.54, 1.807) is 0 Å². The minimum Gasteiger partial charge on any atom is -0.328 e. The molecule has 0 aliphatic heterocycles. The van der Waals surface area contributed by atoms with Gasteiger partial charge in [-0.05, 0) is 0 Å². The van der Waals surface area contributed by atoms with Gasteiger partial charge in [0.15, 0.2) is 0 Å². The van der Waals surface area contributed by atoms with Gasteiger partial charge in [0, 0.05) is 11.8 Å². The van der Waals surface area contributed by atoms with Crippen LogP contribution in [0.4, 0.5) is 0 Å². The number of alkyl halides is 2. The molecule has 0 heterocycles. The van der Waals surface area contributed by atoms with Gasteiger partial charge in [-0.15, -0.1) is 23.2 Å². The van der Waals surface area contributed by atoms with Crippen LogP contribution in [0, 0.1) is 0 Å². The first kappa shape index (κ1) is 10.9. The van der Waals surface area contributed by atoms with Crippen molar-refractivity contribution < 1.29 is 13.9 Å². The molecular formula is C4H9Cl2O3P. The van der Waals surface area contributed by atoms with E-state index in [9.17, 15) is 0 Å². The molecule has 0 rings (SSSR count). The van der Waals surface area contributed by atoms with Crippen LogP contribution < -0.4 is 0 Å². The van der Waals surface area contributed by atoms with Crippen molar-refractivity contribution in [3.63, 3.8) is 0 Å². The third-order valence-corrected chi connectivity index (χ3v) is 1.67. The highest BCUT2D eigenvalue weighted by Gasteiger charge is 2.03. The second-order valence-electron chi connectivity index (χ2n) is 1.28. The lowest BCUT2D eigenvalue weighted by Gasteiger charge is -2.07. The zero-order chi connectivity index (χ0) is 7.82. The molecule has 0 unspecified atom stereocenters. The molecule has 1 N–H and O–H groups in total. The van der Waals surface area contributed by atoms with Crippen molar-refractivity contribution in [1.82, 2.24) is 0 Å². The monoisotopic (exact) mass is 206 g/mol. The smallest absolute Gasteiger partial charge is 0.328 e. The molecule has 0 aliphatic carbocycles. The Morgan fingerprint density at radius 3 is 1.80 bits per heavy atom. The van der Waals surface area contributed by atoms with E-state index in [0.29, 0.717) is 25.0 Å². The third kappa shape index (κ3) is 7.00. The number of hydrogen-bond acceptors (Lipinski definition) is 3. The standard InChI is InChI=1S/C4H9Cl2O3P/c5-1-3-8-10(7)9-4-2-6/h7H,1-4H2. The van der Waals surface area contributed by atoms with Gasteiger partial charge in [-0.3, -0.25) is 0 Å². The van der Waals surface area contributed by atoms with Gasteiger partial charge in [0.2, 0.25) is 0 Å². The van der Waals surface area contributed by atoms with E-state index in [1.165, 1.54) is 0 Å². The quantitative estimate of drug-likeness (QED) is 0.532. The lowest BCUT2D eigenvalue weighted by Crippen LogP contribution is -1.95. The van der Waals surface area contributed by atoms with Crippen LogP contribution in [0.5, 0.6) is 0 Å². The van der Waals surface area contributed by atoms with Crippen LogP contribution in [0.15, 0.2) is 0 Å². The van der Waals surface area contributed by atoms with Crippen LogP contribution in [-0.2, 0) is 9.05 Å². The maximum Gasteiger partial charge on any atom is 0.329 e. The van der Waals surface area contributed by atoms with Gasteiger partial charge in [0.25, 0.3) is 0 Å². The first-order valence-electron chi connectivity index (χ1n) is 2.68. The van der Waals surface area contributed by atoms with Gasteiger partial charge in [0.1, 0.15) is 0 Å². The fraction of sp³-hybridized carbons (Fsp3) is 1.00. The molecule has 6 heteroatoms. The summed E-state index contributed by atoms with van der Waals surface area (Å²) < 4.78 is 9.40. The van der Waals surface area contributed by atoms with Crippen LogP contribution in [0.2, 0.25) is 0 Å². The fourth-order valence-electron chi connectivity index (χ4n) is 0.262. The topological polar surface area (TPSA) is 38.7 Å². The Kier molecular flexibility index (Phi) is 8.70. The zero-order valence-corrected chi connectivity index (χ0v) is 7.70. The first-order chi connectivity index (χ1) is 4.81. The van der Waals surface area contributed by atoms with Gasteiger partial charge < -0.3 is 13.9 Å². The molecule has 0 atom stereocenters. The van der Waals surface area contributed by atoms with Crippen LogP contribution in [-0.4, -0.2) is 29.9 Å². The third-order valence-electron chi connectivity index (χ3n) is 0.558. The van der Waals surface area contributed by atoms with Crippen molar-refractivity contribution in [3.05, 3.63) is 0 Å². The summed E-state index contributed by atoms with van der Waals surface area (Å²) in [5, 5.41) is 0. The van der Waals surface area contributed by atoms with Crippen molar-refractivity contribution in [3.8, 4) is 0 Å². The van der Waals surface area contributed by atoms with E-state index in [-0.39, 0.29) is 0 Å². The molecule has 0 saturated heterocycles. The van der Waals surface area contributed by atoms with E-state index in [1.807, 2.05) is 0 Å². The van der Waals surface area contributed by atoms with Crippen molar-refractivity contribution in [2.24, 2.45) is 0 Å². The number of hydrogen-bond donors (Lipinski definition) is 1. The number of rotatable bonds is 6. The molecular weight excluding hydrogens is 198 g/mol. The molecule has 10 heavy (non-hydrogen) atoms. The largest absolute Gasteiger partial charge is 0.329 e. The highest BCUT2D eigenvalue weighted by atomic mass is 35.5. The zero-order valence-electron chi connectivity index (χ0n) is 5.30. The molecule has 0 amide bonds. The first-order valence-corrected chi connectivity index (χ1v) is 4.88. The molecule has 3 nitrogen and oxygen atoms in total. The maximum absolute atomic E-state index is 8.81. The van der Waals surface area contributed by atoms with E-state index in [0.717, 1.165) is 0 Å². The van der Waals surface area contributed by atoms with Crippen molar-refractivity contribution in [2.45, 2.75) is 0 Å². The molecule has 0 bridgehead atoms. The van der Waals surface area contributed by atoms with E-state index < -0.39 is 8.60 Å². The van der Waals surface area contributed by atoms with Crippen LogP contribution >= 0.6 is 31.8 Å². The van der Waals surface area contributed by atoms with Gasteiger partial charge in [0.05, 0.1) is 13.2 Å².